The van der Waals surface area contributed by atoms with E-state index in [9.17, 15) is 4.79 Å². The van der Waals surface area contributed by atoms with Crippen molar-refractivity contribution < 1.29 is 0 Å². The highest BCUT2D eigenvalue weighted by Crippen LogP contribution is 2.27. The Labute approximate surface area is 122 Å². The second-order valence-electron chi connectivity index (χ2n) is 5.71. The van der Waals surface area contributed by atoms with E-state index in [1.165, 1.54) is 0 Å². The van der Waals surface area contributed by atoms with Crippen molar-refractivity contribution >= 4 is 22.6 Å². The highest BCUT2D eigenvalue weighted by molar-refractivity contribution is 6.31. The van der Waals surface area contributed by atoms with Gasteiger partial charge in [0.2, 0.25) is 0 Å². The molecule has 1 aliphatic rings. The number of hydrogen-bond donors (Lipinski definition) is 1. The molecule has 3 rings (SSSR count). The molecule has 2 aromatic rings. The van der Waals surface area contributed by atoms with Crippen LogP contribution in [0.1, 0.15) is 19.4 Å². The van der Waals surface area contributed by atoms with E-state index in [1.54, 1.807) is 0 Å². The second-order valence-corrected chi connectivity index (χ2v) is 6.15. The molecule has 4 nitrogen and oxygen atoms in total. The van der Waals surface area contributed by atoms with E-state index in [0.29, 0.717) is 11.6 Å². The number of aromatic nitrogens is 2. The lowest BCUT2D eigenvalue weighted by Gasteiger charge is -2.27. The van der Waals surface area contributed by atoms with Gasteiger partial charge in [-0.15, -0.1) is 0 Å². The summed E-state index contributed by atoms with van der Waals surface area (Å²) in [6.07, 6.45) is 0. The van der Waals surface area contributed by atoms with Crippen LogP contribution < -0.4 is 5.69 Å². The molecule has 1 N–H and O–H groups in total. The quantitative estimate of drug-likeness (QED) is 0.865. The average Bonchev–Trinajstić information content (AvgIpc) is 2.55. The van der Waals surface area contributed by atoms with Crippen LogP contribution in [0.3, 0.4) is 0 Å². The van der Waals surface area contributed by atoms with Gasteiger partial charge in [-0.05, 0) is 31.5 Å². The fourth-order valence-electron chi connectivity index (χ4n) is 2.96. The number of hydrogen-bond acceptors (Lipinski definition) is 2. The lowest BCUT2D eigenvalue weighted by Crippen LogP contribution is -2.36. The van der Waals surface area contributed by atoms with Crippen molar-refractivity contribution in [3.05, 3.63) is 45.4 Å². The van der Waals surface area contributed by atoms with E-state index in [1.807, 2.05) is 23.6 Å². The summed E-state index contributed by atoms with van der Waals surface area (Å²) in [5, 5.41) is 0.658. The van der Waals surface area contributed by atoms with Crippen molar-refractivity contribution in [1.82, 2.24) is 14.5 Å². The Bertz CT molecular complexity index is 743. The molecule has 0 bridgehead atoms. The van der Waals surface area contributed by atoms with Crippen LogP contribution in [-0.2, 0) is 13.1 Å². The maximum Gasteiger partial charge on any atom is 0.326 e. The number of nitrogens with zero attached hydrogens (tertiary/aromatic N) is 2. The molecular formula is C15H18ClN3O. The van der Waals surface area contributed by atoms with Gasteiger partial charge < -0.3 is 4.98 Å². The first-order valence-corrected chi connectivity index (χ1v) is 7.13. The third kappa shape index (κ3) is 2.19. The minimum Gasteiger partial charge on any atom is -0.305 e. The summed E-state index contributed by atoms with van der Waals surface area (Å²) in [5.74, 6) is 0. The minimum absolute atomic E-state index is 0.0625. The van der Waals surface area contributed by atoms with E-state index in [2.05, 4.69) is 23.4 Å². The molecule has 106 valence electrons. The van der Waals surface area contributed by atoms with Gasteiger partial charge in [0.15, 0.2) is 0 Å². The first kappa shape index (κ1) is 13.5. The number of rotatable bonds is 2. The Kier molecular flexibility index (Phi) is 3.22. The Morgan fingerprint density at radius 2 is 2.30 bits per heavy atom. The predicted molar refractivity (Wildman–Crippen MR) is 82.3 cm³/mol. The van der Waals surface area contributed by atoms with Gasteiger partial charge in [-0.25, -0.2) is 4.79 Å². The molecule has 0 aliphatic carbocycles. The lowest BCUT2D eigenvalue weighted by atomic mass is 10.1. The fourth-order valence-corrected chi connectivity index (χ4v) is 3.20. The number of halogens is 1. The lowest BCUT2D eigenvalue weighted by molar-refractivity contribution is 0.206. The molecule has 0 radical (unpaired) electrons. The van der Waals surface area contributed by atoms with Gasteiger partial charge in [0.25, 0.3) is 0 Å². The van der Waals surface area contributed by atoms with Gasteiger partial charge in [-0.2, -0.15) is 0 Å². The van der Waals surface area contributed by atoms with Gasteiger partial charge in [-0.1, -0.05) is 23.8 Å². The van der Waals surface area contributed by atoms with Crippen LogP contribution in [0.4, 0.5) is 0 Å². The zero-order chi connectivity index (χ0) is 14.4. The fraction of sp³-hybridized carbons (Fsp3) is 0.400. The third-order valence-electron chi connectivity index (χ3n) is 3.83. The number of H-pyrrole nitrogens is 1. The molecule has 0 saturated carbocycles. The van der Waals surface area contributed by atoms with E-state index in [-0.39, 0.29) is 11.7 Å². The third-order valence-corrected chi connectivity index (χ3v) is 4.05. The summed E-state index contributed by atoms with van der Waals surface area (Å²) in [5.41, 5.74) is 3.96. The SMILES string of the molecule is C=C(C)CN1Cc2cc(Cl)cc3[nH]c(=O)n(c23)CC1C. The summed E-state index contributed by atoms with van der Waals surface area (Å²) < 4.78 is 1.82. The van der Waals surface area contributed by atoms with Crippen molar-refractivity contribution in [1.29, 1.82) is 0 Å². The normalized spacial score (nSPS) is 19.2. The van der Waals surface area contributed by atoms with Crippen LogP contribution >= 0.6 is 11.6 Å². The molecule has 1 aromatic heterocycles. The molecule has 1 aliphatic heterocycles. The molecule has 1 unspecified atom stereocenters. The first-order chi connectivity index (χ1) is 9.45. The van der Waals surface area contributed by atoms with Gasteiger partial charge in [0.05, 0.1) is 11.0 Å². The number of aromatic amines is 1. The summed E-state index contributed by atoms with van der Waals surface area (Å²) in [6.45, 7) is 10.5. The number of nitrogens with one attached hydrogen (secondary N) is 1. The minimum atomic E-state index is -0.0625. The second kappa shape index (κ2) is 4.79. The molecule has 0 spiro atoms. The van der Waals surface area contributed by atoms with Crippen LogP contribution in [0.5, 0.6) is 0 Å². The van der Waals surface area contributed by atoms with Crippen LogP contribution in [0.2, 0.25) is 5.02 Å². The summed E-state index contributed by atoms with van der Waals surface area (Å²) >= 11 is 6.16. The molecule has 1 aromatic carbocycles. The van der Waals surface area contributed by atoms with Crippen molar-refractivity contribution in [3.63, 3.8) is 0 Å². The van der Waals surface area contributed by atoms with Crippen LogP contribution in [0.15, 0.2) is 29.1 Å². The molecule has 2 heterocycles. The Morgan fingerprint density at radius 1 is 1.55 bits per heavy atom. The van der Waals surface area contributed by atoms with Crippen molar-refractivity contribution in [3.8, 4) is 0 Å². The van der Waals surface area contributed by atoms with E-state index >= 15 is 0 Å². The molecule has 0 amide bonds. The van der Waals surface area contributed by atoms with Gasteiger partial charge in [0.1, 0.15) is 0 Å². The standard InChI is InChI=1S/C15H18ClN3O/c1-9(2)6-18-8-11-4-12(16)5-13-14(11)19(7-10(18)3)15(20)17-13/h4-5,10H,1,6-8H2,2-3H3,(H,17,20). The van der Waals surface area contributed by atoms with Gasteiger partial charge >= 0.3 is 5.69 Å². The van der Waals surface area contributed by atoms with Crippen molar-refractivity contribution in [2.75, 3.05) is 6.54 Å². The molecule has 20 heavy (non-hydrogen) atoms. The number of benzene rings is 1. The summed E-state index contributed by atoms with van der Waals surface area (Å²) in [7, 11) is 0. The van der Waals surface area contributed by atoms with Crippen LogP contribution in [0, 0.1) is 0 Å². The van der Waals surface area contributed by atoms with Crippen molar-refractivity contribution in [2.45, 2.75) is 33.0 Å². The molecule has 0 saturated heterocycles. The average molecular weight is 292 g/mol. The maximum absolute atomic E-state index is 12.1. The van der Waals surface area contributed by atoms with E-state index in [4.69, 9.17) is 11.6 Å². The highest BCUT2D eigenvalue weighted by atomic mass is 35.5. The molecule has 0 fully saturated rings. The Hall–Kier alpha value is -1.52. The number of imidazole rings is 1. The maximum atomic E-state index is 12.1. The Morgan fingerprint density at radius 3 is 3.00 bits per heavy atom. The summed E-state index contributed by atoms with van der Waals surface area (Å²) in [4.78, 5) is 17.3. The van der Waals surface area contributed by atoms with E-state index in [0.717, 1.165) is 35.3 Å². The molecule has 5 heteroatoms. The van der Waals surface area contributed by atoms with Crippen molar-refractivity contribution in [2.24, 2.45) is 0 Å². The van der Waals surface area contributed by atoms with Gasteiger partial charge in [0, 0.05) is 30.7 Å². The zero-order valence-electron chi connectivity index (χ0n) is 11.7. The topological polar surface area (TPSA) is 41.0 Å². The molecular weight excluding hydrogens is 274 g/mol. The molecule has 1 atom stereocenters. The van der Waals surface area contributed by atoms with Gasteiger partial charge in [-0.3, -0.25) is 9.47 Å². The largest absolute Gasteiger partial charge is 0.326 e. The Balaban J connectivity index is 2.17. The highest BCUT2D eigenvalue weighted by Gasteiger charge is 2.24. The van der Waals surface area contributed by atoms with Crippen LogP contribution in [0.25, 0.3) is 11.0 Å². The summed E-state index contributed by atoms with van der Waals surface area (Å²) in [6, 6.07) is 4.05. The van der Waals surface area contributed by atoms with Crippen LogP contribution in [-0.4, -0.2) is 27.0 Å². The predicted octanol–water partition coefficient (Wildman–Crippen LogP) is 2.76. The zero-order valence-corrected chi connectivity index (χ0v) is 12.5. The monoisotopic (exact) mass is 291 g/mol. The smallest absolute Gasteiger partial charge is 0.305 e. The first-order valence-electron chi connectivity index (χ1n) is 6.75. The van der Waals surface area contributed by atoms with E-state index < -0.39 is 0 Å².